The third kappa shape index (κ3) is 6.58. The molecular formula is C26H32ClN7O3S. The van der Waals surface area contributed by atoms with Crippen LogP contribution in [-0.4, -0.2) is 85.6 Å². The summed E-state index contributed by atoms with van der Waals surface area (Å²) < 4.78 is 25.2. The number of hydrogen-bond acceptors (Lipinski definition) is 8. The number of nitrogens with zero attached hydrogens (tertiary/aromatic N) is 6. The number of carbonyl (C=O) groups is 1. The van der Waals surface area contributed by atoms with E-state index in [0.29, 0.717) is 40.9 Å². The molecule has 0 spiro atoms. The number of aryl methyl sites for hydroxylation is 3. The number of benzene rings is 1. The number of likely N-dealkylation sites (N-methyl/N-ethyl adjacent to an activating group) is 1. The van der Waals surface area contributed by atoms with Crippen LogP contribution in [-0.2, 0) is 22.9 Å². The van der Waals surface area contributed by atoms with Crippen LogP contribution in [0.3, 0.4) is 0 Å². The van der Waals surface area contributed by atoms with Crippen LogP contribution in [0.5, 0.6) is 0 Å². The van der Waals surface area contributed by atoms with E-state index in [1.54, 1.807) is 18.5 Å². The van der Waals surface area contributed by atoms with Gasteiger partial charge < -0.3 is 15.1 Å². The zero-order valence-corrected chi connectivity index (χ0v) is 23.6. The third-order valence-electron chi connectivity index (χ3n) is 6.62. The lowest BCUT2D eigenvalue weighted by Gasteiger charge is -2.32. The maximum Gasteiger partial charge on any atom is 0.253 e. The standard InChI is InChI=1S/C26H32ClN7O3S/c1-18-16-20(25(35)34-14-12-32(2)13-15-34)8-9-22(18)30-26-29-17-21(27)23(31-26)10-7-19-6-5-11-28-24(19)33(3)38(4,36)37/h5-6,8-9,11,16-17H,7,10,12-15H2,1-4H3,(H,29,30,31). The molecular weight excluding hydrogens is 526 g/mol. The first-order chi connectivity index (χ1) is 18.0. The number of anilines is 3. The van der Waals surface area contributed by atoms with Gasteiger partial charge in [0.05, 0.1) is 23.2 Å². The van der Waals surface area contributed by atoms with E-state index in [9.17, 15) is 13.2 Å². The Kier molecular flexibility index (Phi) is 8.49. The highest BCUT2D eigenvalue weighted by molar-refractivity contribution is 7.92. The Balaban J connectivity index is 1.47. The van der Waals surface area contributed by atoms with Crippen LogP contribution in [0.1, 0.15) is 27.2 Å². The summed E-state index contributed by atoms with van der Waals surface area (Å²) >= 11 is 6.39. The molecule has 0 bridgehead atoms. The Morgan fingerprint density at radius 1 is 1.13 bits per heavy atom. The highest BCUT2D eigenvalue weighted by atomic mass is 35.5. The Bertz CT molecular complexity index is 1430. The number of halogens is 1. The molecule has 1 amide bonds. The molecule has 0 atom stereocenters. The quantitative estimate of drug-likeness (QED) is 0.449. The molecule has 1 aliphatic heterocycles. The third-order valence-corrected chi connectivity index (χ3v) is 8.11. The second-order valence-electron chi connectivity index (χ2n) is 9.46. The zero-order valence-electron chi connectivity index (χ0n) is 22.0. The Hall–Kier alpha value is -3.28. The van der Waals surface area contributed by atoms with Crippen LogP contribution in [0.4, 0.5) is 17.5 Å². The van der Waals surface area contributed by atoms with E-state index in [4.69, 9.17) is 11.6 Å². The molecule has 10 nitrogen and oxygen atoms in total. The van der Waals surface area contributed by atoms with E-state index in [-0.39, 0.29) is 5.91 Å². The monoisotopic (exact) mass is 557 g/mol. The highest BCUT2D eigenvalue weighted by Crippen LogP contribution is 2.25. The van der Waals surface area contributed by atoms with Gasteiger partial charge in [0.25, 0.3) is 5.91 Å². The molecule has 1 aromatic carbocycles. The van der Waals surface area contributed by atoms with Gasteiger partial charge in [-0.2, -0.15) is 0 Å². The first kappa shape index (κ1) is 27.7. The van der Waals surface area contributed by atoms with E-state index >= 15 is 0 Å². The normalized spacial score (nSPS) is 14.4. The molecule has 0 aliphatic carbocycles. The van der Waals surface area contributed by atoms with Crippen molar-refractivity contribution in [3.05, 3.63) is 70.1 Å². The molecule has 1 aliphatic rings. The molecule has 3 heterocycles. The molecule has 0 unspecified atom stereocenters. The lowest BCUT2D eigenvalue weighted by molar-refractivity contribution is 0.0664. The smallest absolute Gasteiger partial charge is 0.253 e. The van der Waals surface area contributed by atoms with Gasteiger partial charge in [-0.1, -0.05) is 17.7 Å². The van der Waals surface area contributed by atoms with Crippen molar-refractivity contribution >= 4 is 45.0 Å². The van der Waals surface area contributed by atoms with Gasteiger partial charge in [-0.3, -0.25) is 9.10 Å². The average molecular weight is 558 g/mol. The van der Waals surface area contributed by atoms with Crippen molar-refractivity contribution in [3.8, 4) is 0 Å². The zero-order chi connectivity index (χ0) is 27.4. The summed E-state index contributed by atoms with van der Waals surface area (Å²) in [6.07, 6.45) is 5.19. The molecule has 1 fully saturated rings. The molecule has 0 saturated carbocycles. The molecule has 1 saturated heterocycles. The summed E-state index contributed by atoms with van der Waals surface area (Å²) in [6.45, 7) is 5.12. The van der Waals surface area contributed by atoms with Crippen LogP contribution in [0.2, 0.25) is 5.02 Å². The highest BCUT2D eigenvalue weighted by Gasteiger charge is 2.21. The van der Waals surface area contributed by atoms with Crippen LogP contribution in [0.25, 0.3) is 0 Å². The average Bonchev–Trinajstić information content (AvgIpc) is 2.89. The number of sulfonamides is 1. The number of carbonyl (C=O) groups excluding carboxylic acids is 1. The second-order valence-corrected chi connectivity index (χ2v) is 11.9. The van der Waals surface area contributed by atoms with Crippen molar-refractivity contribution in [2.75, 3.05) is 56.2 Å². The molecule has 1 N–H and O–H groups in total. The minimum atomic E-state index is -3.45. The molecule has 12 heteroatoms. The van der Waals surface area contributed by atoms with Crippen molar-refractivity contribution < 1.29 is 13.2 Å². The van der Waals surface area contributed by atoms with Crippen molar-refractivity contribution in [2.45, 2.75) is 19.8 Å². The number of piperazine rings is 1. The van der Waals surface area contributed by atoms with Crippen LogP contribution < -0.4 is 9.62 Å². The van der Waals surface area contributed by atoms with E-state index in [1.807, 2.05) is 36.1 Å². The van der Waals surface area contributed by atoms with E-state index in [0.717, 1.165) is 53.6 Å². The predicted octanol–water partition coefficient (Wildman–Crippen LogP) is 3.15. The molecule has 4 rings (SSSR count). The fourth-order valence-electron chi connectivity index (χ4n) is 4.21. The molecule has 202 valence electrons. The van der Waals surface area contributed by atoms with Crippen molar-refractivity contribution in [2.24, 2.45) is 0 Å². The van der Waals surface area contributed by atoms with Gasteiger partial charge in [0.15, 0.2) is 0 Å². The van der Waals surface area contributed by atoms with Gasteiger partial charge in [-0.25, -0.2) is 23.4 Å². The number of aromatic nitrogens is 3. The van der Waals surface area contributed by atoms with Crippen LogP contribution in [0.15, 0.2) is 42.7 Å². The first-order valence-electron chi connectivity index (χ1n) is 12.3. The van der Waals surface area contributed by atoms with Gasteiger partial charge >= 0.3 is 0 Å². The lowest BCUT2D eigenvalue weighted by atomic mass is 10.1. The number of pyridine rings is 1. The topological polar surface area (TPSA) is 112 Å². The van der Waals surface area contributed by atoms with E-state index in [2.05, 4.69) is 32.2 Å². The Labute approximate surface area is 228 Å². The van der Waals surface area contributed by atoms with Crippen LogP contribution >= 0.6 is 11.6 Å². The fraction of sp³-hybridized carbons (Fsp3) is 0.385. The van der Waals surface area contributed by atoms with E-state index < -0.39 is 10.0 Å². The summed E-state index contributed by atoms with van der Waals surface area (Å²) in [5.41, 5.74) is 3.73. The van der Waals surface area contributed by atoms with Gasteiger partial charge in [-0.05, 0) is 62.2 Å². The maximum atomic E-state index is 12.9. The summed E-state index contributed by atoms with van der Waals surface area (Å²) in [7, 11) is 0.0906. The Morgan fingerprint density at radius 3 is 2.55 bits per heavy atom. The van der Waals surface area contributed by atoms with Crippen LogP contribution in [0, 0.1) is 6.92 Å². The van der Waals surface area contributed by atoms with Gasteiger partial charge in [0.2, 0.25) is 16.0 Å². The predicted molar refractivity (Wildman–Crippen MR) is 150 cm³/mol. The largest absolute Gasteiger partial charge is 0.336 e. The fourth-order valence-corrected chi connectivity index (χ4v) is 4.87. The van der Waals surface area contributed by atoms with Gasteiger partial charge in [0, 0.05) is 50.7 Å². The summed E-state index contributed by atoms with van der Waals surface area (Å²) in [5.74, 6) is 0.791. The van der Waals surface area contributed by atoms with E-state index in [1.165, 1.54) is 7.05 Å². The molecule has 2 aromatic heterocycles. The van der Waals surface area contributed by atoms with Crippen molar-refractivity contribution in [3.63, 3.8) is 0 Å². The second kappa shape index (κ2) is 11.6. The van der Waals surface area contributed by atoms with Crippen molar-refractivity contribution in [1.29, 1.82) is 0 Å². The Morgan fingerprint density at radius 2 is 1.87 bits per heavy atom. The summed E-state index contributed by atoms with van der Waals surface area (Å²) in [4.78, 5) is 30.2. The minimum absolute atomic E-state index is 0.0362. The molecule has 3 aromatic rings. The van der Waals surface area contributed by atoms with Gasteiger partial charge in [-0.15, -0.1) is 0 Å². The number of hydrogen-bond donors (Lipinski definition) is 1. The summed E-state index contributed by atoms with van der Waals surface area (Å²) in [5, 5.41) is 3.65. The lowest BCUT2D eigenvalue weighted by Crippen LogP contribution is -2.47. The molecule has 0 radical (unpaired) electrons. The minimum Gasteiger partial charge on any atom is -0.336 e. The summed E-state index contributed by atoms with van der Waals surface area (Å²) in [6, 6.07) is 9.16. The molecule has 38 heavy (non-hydrogen) atoms. The maximum absolute atomic E-state index is 12.9. The number of amides is 1. The number of rotatable bonds is 8. The van der Waals surface area contributed by atoms with Gasteiger partial charge in [0.1, 0.15) is 5.82 Å². The number of nitrogens with one attached hydrogen (secondary N) is 1. The first-order valence-corrected chi connectivity index (χ1v) is 14.5. The van der Waals surface area contributed by atoms with Crippen molar-refractivity contribution in [1.82, 2.24) is 24.8 Å². The SMILES string of the molecule is Cc1cc(C(=O)N2CCN(C)CC2)ccc1Nc1ncc(Cl)c(CCc2cccnc2N(C)S(C)(=O)=O)n1.